The molecule has 4 nitrogen and oxygen atoms in total. The molecule has 0 unspecified atom stereocenters. The Kier molecular flexibility index (Phi) is 4.71. The smallest absolute Gasteiger partial charge is 0.224 e. The standard InChI is InChI=1S/C19H21NO3S/c1-14-4-2-5-16(10-14)13-20-19(21)12-15-7-8-18-17(11-15)6-3-9-24(18,22)23/h2,4-5,7-8,10-11H,3,6,9,12-13H2,1H3,(H,20,21). The zero-order chi connectivity index (χ0) is 17.2. The highest BCUT2D eigenvalue weighted by Gasteiger charge is 2.23. The van der Waals surface area contributed by atoms with Gasteiger partial charge in [0, 0.05) is 6.54 Å². The minimum absolute atomic E-state index is 0.0601. The average Bonchev–Trinajstić information content (AvgIpc) is 2.52. The van der Waals surface area contributed by atoms with E-state index in [4.69, 9.17) is 0 Å². The second kappa shape index (κ2) is 6.77. The Labute approximate surface area is 142 Å². The predicted molar refractivity (Wildman–Crippen MR) is 93.5 cm³/mol. The summed E-state index contributed by atoms with van der Waals surface area (Å²) < 4.78 is 24.0. The third-order valence-electron chi connectivity index (χ3n) is 4.26. The molecule has 0 radical (unpaired) electrons. The van der Waals surface area contributed by atoms with Crippen molar-refractivity contribution in [2.45, 2.75) is 37.6 Å². The zero-order valence-corrected chi connectivity index (χ0v) is 14.5. The molecule has 2 aromatic rings. The van der Waals surface area contributed by atoms with Crippen LogP contribution in [0.4, 0.5) is 0 Å². The molecule has 0 aromatic heterocycles. The lowest BCUT2D eigenvalue weighted by Crippen LogP contribution is -2.25. The van der Waals surface area contributed by atoms with Gasteiger partial charge in [-0.05, 0) is 42.5 Å². The van der Waals surface area contributed by atoms with E-state index in [-0.39, 0.29) is 18.1 Å². The quantitative estimate of drug-likeness (QED) is 0.928. The monoisotopic (exact) mass is 343 g/mol. The molecule has 1 aliphatic rings. The summed E-state index contributed by atoms with van der Waals surface area (Å²) in [5.74, 6) is 0.159. The average molecular weight is 343 g/mol. The highest BCUT2D eigenvalue weighted by atomic mass is 32.2. The van der Waals surface area contributed by atoms with Crippen LogP contribution in [-0.4, -0.2) is 20.1 Å². The number of aryl methyl sites for hydroxylation is 2. The van der Waals surface area contributed by atoms with Gasteiger partial charge < -0.3 is 5.32 Å². The van der Waals surface area contributed by atoms with Gasteiger partial charge in [0.05, 0.1) is 17.1 Å². The summed E-state index contributed by atoms with van der Waals surface area (Å²) in [7, 11) is -3.14. The van der Waals surface area contributed by atoms with Crippen LogP contribution in [0.5, 0.6) is 0 Å². The van der Waals surface area contributed by atoms with E-state index in [1.165, 1.54) is 0 Å². The van der Waals surface area contributed by atoms with Crippen LogP contribution in [0.25, 0.3) is 0 Å². The molecule has 1 aliphatic heterocycles. The molecule has 0 saturated carbocycles. The molecule has 1 N–H and O–H groups in total. The Bertz CT molecular complexity index is 872. The lowest BCUT2D eigenvalue weighted by Gasteiger charge is -2.17. The molecule has 0 fully saturated rings. The van der Waals surface area contributed by atoms with Gasteiger partial charge in [0.15, 0.2) is 9.84 Å². The van der Waals surface area contributed by atoms with E-state index in [0.29, 0.717) is 17.9 Å². The number of amides is 1. The van der Waals surface area contributed by atoms with Gasteiger partial charge in [-0.15, -0.1) is 0 Å². The number of carbonyl (C=O) groups excluding carboxylic acids is 1. The van der Waals surface area contributed by atoms with Gasteiger partial charge in [0.25, 0.3) is 0 Å². The van der Waals surface area contributed by atoms with Crippen LogP contribution in [-0.2, 0) is 34.0 Å². The summed E-state index contributed by atoms with van der Waals surface area (Å²) >= 11 is 0. The van der Waals surface area contributed by atoms with Crippen molar-refractivity contribution in [1.82, 2.24) is 5.32 Å². The van der Waals surface area contributed by atoms with Crippen molar-refractivity contribution >= 4 is 15.7 Å². The lowest BCUT2D eigenvalue weighted by atomic mass is 10.0. The molecule has 24 heavy (non-hydrogen) atoms. The van der Waals surface area contributed by atoms with Crippen LogP contribution in [0.1, 0.15) is 28.7 Å². The number of nitrogens with one attached hydrogen (secondary N) is 1. The summed E-state index contributed by atoms with van der Waals surface area (Å²) in [6, 6.07) is 13.3. The van der Waals surface area contributed by atoms with Crippen molar-refractivity contribution in [3.8, 4) is 0 Å². The van der Waals surface area contributed by atoms with Gasteiger partial charge in [-0.1, -0.05) is 42.0 Å². The van der Waals surface area contributed by atoms with E-state index < -0.39 is 9.84 Å². The first kappa shape index (κ1) is 16.7. The first-order chi connectivity index (χ1) is 11.4. The van der Waals surface area contributed by atoms with Crippen LogP contribution in [0.3, 0.4) is 0 Å². The summed E-state index contributed by atoms with van der Waals surface area (Å²) in [6.45, 7) is 2.52. The highest BCUT2D eigenvalue weighted by Crippen LogP contribution is 2.26. The van der Waals surface area contributed by atoms with E-state index in [2.05, 4.69) is 5.32 Å². The number of carbonyl (C=O) groups is 1. The minimum Gasteiger partial charge on any atom is -0.352 e. The molecule has 0 spiro atoms. The maximum atomic E-state index is 12.1. The molecule has 0 bridgehead atoms. The predicted octanol–water partition coefficient (Wildman–Crippen LogP) is 2.57. The van der Waals surface area contributed by atoms with Gasteiger partial charge in [0.2, 0.25) is 5.91 Å². The van der Waals surface area contributed by atoms with Crippen molar-refractivity contribution in [2.75, 3.05) is 5.75 Å². The number of benzene rings is 2. The number of rotatable bonds is 4. The third kappa shape index (κ3) is 3.85. The van der Waals surface area contributed by atoms with Crippen molar-refractivity contribution in [1.29, 1.82) is 0 Å². The Morgan fingerprint density at radius 1 is 1.12 bits per heavy atom. The van der Waals surface area contributed by atoms with Crippen LogP contribution in [0.15, 0.2) is 47.4 Å². The first-order valence-electron chi connectivity index (χ1n) is 8.11. The normalized spacial score (nSPS) is 15.5. The summed E-state index contributed by atoms with van der Waals surface area (Å²) in [5.41, 5.74) is 3.93. The molecular formula is C19H21NO3S. The Hall–Kier alpha value is -2.14. The lowest BCUT2D eigenvalue weighted by molar-refractivity contribution is -0.120. The molecule has 1 amide bonds. The summed E-state index contributed by atoms with van der Waals surface area (Å²) in [6.07, 6.45) is 1.67. The van der Waals surface area contributed by atoms with Crippen molar-refractivity contribution in [2.24, 2.45) is 0 Å². The van der Waals surface area contributed by atoms with Gasteiger partial charge in [-0.3, -0.25) is 4.79 Å². The van der Waals surface area contributed by atoms with Crippen molar-refractivity contribution in [3.63, 3.8) is 0 Å². The van der Waals surface area contributed by atoms with Crippen molar-refractivity contribution in [3.05, 3.63) is 64.7 Å². The molecule has 126 valence electrons. The molecule has 0 aliphatic carbocycles. The largest absolute Gasteiger partial charge is 0.352 e. The fraction of sp³-hybridized carbons (Fsp3) is 0.316. The van der Waals surface area contributed by atoms with E-state index in [1.807, 2.05) is 37.3 Å². The Morgan fingerprint density at radius 2 is 1.96 bits per heavy atom. The fourth-order valence-electron chi connectivity index (χ4n) is 3.07. The number of hydrogen-bond donors (Lipinski definition) is 1. The van der Waals surface area contributed by atoms with Gasteiger partial charge in [-0.25, -0.2) is 8.42 Å². The molecule has 1 heterocycles. The maximum Gasteiger partial charge on any atom is 0.224 e. The van der Waals surface area contributed by atoms with E-state index in [0.717, 1.165) is 28.7 Å². The molecular weight excluding hydrogens is 322 g/mol. The van der Waals surface area contributed by atoms with Crippen LogP contribution in [0, 0.1) is 6.92 Å². The third-order valence-corrected chi connectivity index (χ3v) is 6.15. The second-order valence-corrected chi connectivity index (χ2v) is 8.38. The SMILES string of the molecule is Cc1cccc(CNC(=O)Cc2ccc3c(c2)CCCS3(=O)=O)c1. The Balaban J connectivity index is 1.65. The van der Waals surface area contributed by atoms with Gasteiger partial charge in [0.1, 0.15) is 0 Å². The molecule has 5 heteroatoms. The molecule has 0 saturated heterocycles. The first-order valence-corrected chi connectivity index (χ1v) is 9.76. The van der Waals surface area contributed by atoms with Crippen LogP contribution < -0.4 is 5.32 Å². The van der Waals surface area contributed by atoms with E-state index >= 15 is 0 Å². The number of fused-ring (bicyclic) bond motifs is 1. The Morgan fingerprint density at radius 3 is 2.75 bits per heavy atom. The van der Waals surface area contributed by atoms with Gasteiger partial charge >= 0.3 is 0 Å². The highest BCUT2D eigenvalue weighted by molar-refractivity contribution is 7.91. The molecule has 3 rings (SSSR count). The van der Waals surface area contributed by atoms with Gasteiger partial charge in [-0.2, -0.15) is 0 Å². The summed E-state index contributed by atoms with van der Waals surface area (Å²) in [4.78, 5) is 12.6. The maximum absolute atomic E-state index is 12.1. The van der Waals surface area contributed by atoms with Crippen LogP contribution >= 0.6 is 0 Å². The molecule has 0 atom stereocenters. The van der Waals surface area contributed by atoms with Crippen LogP contribution in [0.2, 0.25) is 0 Å². The fourth-order valence-corrected chi connectivity index (χ4v) is 4.65. The number of hydrogen-bond acceptors (Lipinski definition) is 3. The van der Waals surface area contributed by atoms with Crippen molar-refractivity contribution < 1.29 is 13.2 Å². The second-order valence-electron chi connectivity index (χ2n) is 6.31. The summed E-state index contributed by atoms with van der Waals surface area (Å²) in [5, 5.41) is 2.91. The van der Waals surface area contributed by atoms with E-state index in [9.17, 15) is 13.2 Å². The molecule has 2 aromatic carbocycles. The minimum atomic E-state index is -3.14. The van der Waals surface area contributed by atoms with E-state index in [1.54, 1.807) is 12.1 Å². The number of sulfone groups is 1. The topological polar surface area (TPSA) is 63.2 Å². The zero-order valence-electron chi connectivity index (χ0n) is 13.7.